The molecule has 1 aliphatic heterocycles. The molecular formula is C9H7BrFNO2. The SMILES string of the molecule is Cc1c(F)c(Br)cc2c1OCC(=O)N2. The molecule has 1 amide bonds. The highest BCUT2D eigenvalue weighted by atomic mass is 79.9. The molecule has 14 heavy (non-hydrogen) atoms. The first kappa shape index (κ1) is 9.45. The Balaban J connectivity index is 2.59. The molecule has 74 valence electrons. The summed E-state index contributed by atoms with van der Waals surface area (Å²) in [6, 6.07) is 1.49. The van der Waals surface area contributed by atoms with Crippen LogP contribution in [0.4, 0.5) is 10.1 Å². The van der Waals surface area contributed by atoms with Crippen molar-refractivity contribution < 1.29 is 13.9 Å². The van der Waals surface area contributed by atoms with Gasteiger partial charge in [-0.25, -0.2) is 4.39 Å². The van der Waals surface area contributed by atoms with E-state index in [4.69, 9.17) is 4.74 Å². The lowest BCUT2D eigenvalue weighted by Gasteiger charge is -2.20. The van der Waals surface area contributed by atoms with Crippen LogP contribution in [-0.4, -0.2) is 12.5 Å². The van der Waals surface area contributed by atoms with Crippen LogP contribution in [0, 0.1) is 12.7 Å². The maximum atomic E-state index is 13.4. The van der Waals surface area contributed by atoms with Gasteiger partial charge < -0.3 is 10.1 Å². The molecule has 0 radical (unpaired) electrons. The molecule has 3 nitrogen and oxygen atoms in total. The van der Waals surface area contributed by atoms with Gasteiger partial charge in [-0.15, -0.1) is 0 Å². The minimum atomic E-state index is -0.361. The summed E-state index contributed by atoms with van der Waals surface area (Å²) in [7, 11) is 0. The summed E-state index contributed by atoms with van der Waals surface area (Å²) in [6.07, 6.45) is 0. The highest BCUT2D eigenvalue weighted by molar-refractivity contribution is 9.10. The maximum absolute atomic E-state index is 13.4. The average Bonchev–Trinajstić information content (AvgIpc) is 2.14. The fourth-order valence-corrected chi connectivity index (χ4v) is 1.87. The van der Waals surface area contributed by atoms with Gasteiger partial charge in [-0.2, -0.15) is 0 Å². The monoisotopic (exact) mass is 259 g/mol. The number of carbonyl (C=O) groups excluding carboxylic acids is 1. The van der Waals surface area contributed by atoms with Crippen molar-refractivity contribution >= 4 is 27.5 Å². The third-order valence-electron chi connectivity index (χ3n) is 2.02. The number of ether oxygens (including phenoxy) is 1. The van der Waals surface area contributed by atoms with E-state index < -0.39 is 0 Å². The molecular weight excluding hydrogens is 253 g/mol. The van der Waals surface area contributed by atoms with Gasteiger partial charge in [0.05, 0.1) is 10.2 Å². The zero-order valence-electron chi connectivity index (χ0n) is 7.36. The normalized spacial score (nSPS) is 14.4. The van der Waals surface area contributed by atoms with E-state index in [9.17, 15) is 9.18 Å². The molecule has 1 heterocycles. The van der Waals surface area contributed by atoms with Crippen molar-refractivity contribution in [2.75, 3.05) is 11.9 Å². The lowest BCUT2D eigenvalue weighted by molar-refractivity contribution is -0.118. The van der Waals surface area contributed by atoms with Crippen molar-refractivity contribution in [3.8, 4) is 5.75 Å². The zero-order chi connectivity index (χ0) is 10.3. The molecule has 1 aliphatic rings. The van der Waals surface area contributed by atoms with Gasteiger partial charge in [0.1, 0.15) is 11.6 Å². The molecule has 0 saturated carbocycles. The van der Waals surface area contributed by atoms with Gasteiger partial charge >= 0.3 is 0 Å². The first-order valence-electron chi connectivity index (χ1n) is 4.01. The van der Waals surface area contributed by atoms with Gasteiger partial charge in [0.25, 0.3) is 5.91 Å². The van der Waals surface area contributed by atoms with Gasteiger partial charge in [0, 0.05) is 5.56 Å². The topological polar surface area (TPSA) is 38.3 Å². The Morgan fingerprint density at radius 1 is 1.64 bits per heavy atom. The van der Waals surface area contributed by atoms with Crippen LogP contribution < -0.4 is 10.1 Å². The number of carbonyl (C=O) groups is 1. The van der Waals surface area contributed by atoms with E-state index in [1.54, 1.807) is 6.92 Å². The van der Waals surface area contributed by atoms with E-state index in [1.807, 2.05) is 0 Å². The Labute approximate surface area is 88.4 Å². The Kier molecular flexibility index (Phi) is 2.19. The molecule has 0 bridgehead atoms. The van der Waals surface area contributed by atoms with Crippen molar-refractivity contribution in [1.82, 2.24) is 0 Å². The van der Waals surface area contributed by atoms with E-state index in [2.05, 4.69) is 21.2 Å². The second-order valence-corrected chi connectivity index (χ2v) is 3.87. The van der Waals surface area contributed by atoms with Crippen molar-refractivity contribution in [2.24, 2.45) is 0 Å². The van der Waals surface area contributed by atoms with E-state index in [-0.39, 0.29) is 18.3 Å². The fraction of sp³-hybridized carbons (Fsp3) is 0.222. The number of hydrogen-bond donors (Lipinski definition) is 1. The summed E-state index contributed by atoms with van der Waals surface area (Å²) in [4.78, 5) is 11.0. The van der Waals surface area contributed by atoms with Crippen LogP contribution in [0.2, 0.25) is 0 Å². The number of hydrogen-bond acceptors (Lipinski definition) is 2. The molecule has 0 unspecified atom stereocenters. The van der Waals surface area contributed by atoms with Crippen LogP contribution in [0.25, 0.3) is 0 Å². The van der Waals surface area contributed by atoms with Gasteiger partial charge in [-0.3, -0.25) is 4.79 Å². The Bertz CT molecular complexity index is 420. The molecule has 5 heteroatoms. The third kappa shape index (κ3) is 1.37. The molecule has 0 aromatic heterocycles. The number of nitrogens with one attached hydrogen (secondary N) is 1. The third-order valence-corrected chi connectivity index (χ3v) is 2.59. The van der Waals surface area contributed by atoms with E-state index in [1.165, 1.54) is 6.07 Å². The number of rotatable bonds is 0. The van der Waals surface area contributed by atoms with Gasteiger partial charge in [0.15, 0.2) is 6.61 Å². The van der Waals surface area contributed by atoms with E-state index in [0.717, 1.165) is 0 Å². The van der Waals surface area contributed by atoms with E-state index >= 15 is 0 Å². The van der Waals surface area contributed by atoms with Crippen molar-refractivity contribution in [2.45, 2.75) is 6.92 Å². The van der Waals surface area contributed by atoms with Gasteiger partial charge in [-0.05, 0) is 28.9 Å². The number of benzene rings is 1. The number of anilines is 1. The molecule has 1 aromatic carbocycles. The minimum absolute atomic E-state index is 0.0606. The molecule has 1 N–H and O–H groups in total. The minimum Gasteiger partial charge on any atom is -0.481 e. The average molecular weight is 260 g/mol. The summed E-state index contributed by atoms with van der Waals surface area (Å²) in [5.41, 5.74) is 0.904. The number of fused-ring (bicyclic) bond motifs is 1. The van der Waals surface area contributed by atoms with Crippen molar-refractivity contribution in [1.29, 1.82) is 0 Å². The second kappa shape index (κ2) is 3.24. The lowest BCUT2D eigenvalue weighted by Crippen LogP contribution is -2.26. The van der Waals surface area contributed by atoms with Crippen LogP contribution in [0.5, 0.6) is 5.75 Å². The standard InChI is InChI=1S/C9H7BrFNO2/c1-4-8(11)5(10)2-6-9(4)14-3-7(13)12-6/h2H,3H2,1H3,(H,12,13). The molecule has 0 fully saturated rings. The predicted molar refractivity (Wildman–Crippen MR) is 53.0 cm³/mol. The molecule has 0 spiro atoms. The largest absolute Gasteiger partial charge is 0.481 e. The molecule has 0 saturated heterocycles. The fourth-order valence-electron chi connectivity index (χ4n) is 1.34. The Morgan fingerprint density at radius 3 is 3.07 bits per heavy atom. The first-order valence-corrected chi connectivity index (χ1v) is 4.80. The van der Waals surface area contributed by atoms with Crippen LogP contribution >= 0.6 is 15.9 Å². The van der Waals surface area contributed by atoms with Crippen LogP contribution in [0.3, 0.4) is 0 Å². The quantitative estimate of drug-likeness (QED) is 0.776. The highest BCUT2D eigenvalue weighted by Gasteiger charge is 2.21. The van der Waals surface area contributed by atoms with Crippen molar-refractivity contribution in [3.05, 3.63) is 21.9 Å². The Morgan fingerprint density at radius 2 is 2.36 bits per heavy atom. The van der Waals surface area contributed by atoms with Gasteiger partial charge in [-0.1, -0.05) is 0 Å². The highest BCUT2D eigenvalue weighted by Crippen LogP contribution is 2.36. The zero-order valence-corrected chi connectivity index (χ0v) is 8.94. The predicted octanol–water partition coefficient (Wildman–Crippen LogP) is 2.23. The van der Waals surface area contributed by atoms with Crippen LogP contribution in [0.15, 0.2) is 10.5 Å². The molecule has 1 aromatic rings. The Hall–Kier alpha value is -1.10. The van der Waals surface area contributed by atoms with Crippen LogP contribution in [0.1, 0.15) is 5.56 Å². The van der Waals surface area contributed by atoms with E-state index in [0.29, 0.717) is 21.5 Å². The lowest BCUT2D eigenvalue weighted by atomic mass is 10.1. The van der Waals surface area contributed by atoms with Gasteiger partial charge in [0.2, 0.25) is 0 Å². The summed E-state index contributed by atoms with van der Waals surface area (Å²) in [5, 5.41) is 2.61. The number of halogens is 2. The molecule has 2 rings (SSSR count). The smallest absolute Gasteiger partial charge is 0.262 e. The second-order valence-electron chi connectivity index (χ2n) is 3.01. The molecule has 0 atom stereocenters. The maximum Gasteiger partial charge on any atom is 0.262 e. The first-order chi connectivity index (χ1) is 6.59. The summed E-state index contributed by atoms with van der Waals surface area (Å²) < 4.78 is 18.8. The summed E-state index contributed by atoms with van der Waals surface area (Å²) in [5.74, 6) is -0.180. The summed E-state index contributed by atoms with van der Waals surface area (Å²) in [6.45, 7) is 1.55. The summed E-state index contributed by atoms with van der Waals surface area (Å²) >= 11 is 3.06. The van der Waals surface area contributed by atoms with Crippen LogP contribution in [-0.2, 0) is 4.79 Å². The number of amides is 1. The molecule has 0 aliphatic carbocycles. The van der Waals surface area contributed by atoms with Crippen molar-refractivity contribution in [3.63, 3.8) is 0 Å².